The maximum Gasteiger partial charge on any atom is 0.270 e. The Balaban J connectivity index is 1.77. The van der Waals surface area contributed by atoms with Gasteiger partial charge in [-0.05, 0) is 62.6 Å². The van der Waals surface area contributed by atoms with Gasteiger partial charge in [-0.25, -0.2) is 22.5 Å². The van der Waals surface area contributed by atoms with Crippen LogP contribution in [0, 0.1) is 5.82 Å². The van der Waals surface area contributed by atoms with Gasteiger partial charge < -0.3 is 5.32 Å². The van der Waals surface area contributed by atoms with E-state index < -0.39 is 33.3 Å². The summed E-state index contributed by atoms with van der Waals surface area (Å²) in [5.41, 5.74) is 0.832. The van der Waals surface area contributed by atoms with Gasteiger partial charge in [0.1, 0.15) is 11.5 Å². The number of sulfonamides is 1. The molecule has 0 saturated carbocycles. The van der Waals surface area contributed by atoms with Gasteiger partial charge >= 0.3 is 0 Å². The highest BCUT2D eigenvalue weighted by Gasteiger charge is 2.24. The normalized spacial score (nSPS) is 12.7. The standard InChI is InChI=1S/C26H28FN3O4S/c1-26(2,3)30-35(33,34)21-12-9-19(10-13-21)16-24(31)23(15-18-7-5-4-6-8-18)29-25(32)22-14-11-20(27)17-28-22/h4-14,17,23,30H,15-16H2,1-3H3,(H,29,32)/t23-/m0/s1. The van der Waals surface area contributed by atoms with E-state index in [1.807, 2.05) is 30.3 Å². The first kappa shape index (κ1) is 26.2. The van der Waals surface area contributed by atoms with Crippen molar-refractivity contribution in [1.82, 2.24) is 15.0 Å². The predicted octanol–water partition coefficient (Wildman–Crippen LogP) is 3.45. The van der Waals surface area contributed by atoms with Gasteiger partial charge in [-0.3, -0.25) is 9.59 Å². The van der Waals surface area contributed by atoms with Crippen molar-refractivity contribution < 1.29 is 22.4 Å². The summed E-state index contributed by atoms with van der Waals surface area (Å²) >= 11 is 0. The zero-order chi connectivity index (χ0) is 25.6. The molecule has 2 aromatic carbocycles. The van der Waals surface area contributed by atoms with Crippen molar-refractivity contribution in [3.8, 4) is 0 Å². The van der Waals surface area contributed by atoms with Crippen LogP contribution in [0.4, 0.5) is 4.39 Å². The molecule has 0 unspecified atom stereocenters. The Kier molecular flexibility index (Phi) is 8.14. The first-order valence-corrected chi connectivity index (χ1v) is 12.5. The second-order valence-electron chi connectivity index (χ2n) is 9.22. The van der Waals surface area contributed by atoms with Crippen molar-refractivity contribution in [1.29, 1.82) is 0 Å². The maximum absolute atomic E-state index is 13.2. The molecule has 7 nitrogen and oxygen atoms in total. The fourth-order valence-electron chi connectivity index (χ4n) is 3.41. The van der Waals surface area contributed by atoms with Crippen LogP contribution in [0.2, 0.25) is 0 Å². The Morgan fingerprint density at radius 3 is 2.17 bits per heavy atom. The zero-order valence-electron chi connectivity index (χ0n) is 19.8. The lowest BCUT2D eigenvalue weighted by Gasteiger charge is -2.20. The van der Waals surface area contributed by atoms with E-state index in [1.165, 1.54) is 18.2 Å². The molecule has 1 heterocycles. The molecule has 0 saturated heterocycles. The number of benzene rings is 2. The number of nitrogens with zero attached hydrogens (tertiary/aromatic N) is 1. The maximum atomic E-state index is 13.2. The summed E-state index contributed by atoms with van der Waals surface area (Å²) in [6.45, 7) is 5.25. The summed E-state index contributed by atoms with van der Waals surface area (Å²) in [5, 5.41) is 2.70. The first-order valence-electron chi connectivity index (χ1n) is 11.0. The number of carbonyl (C=O) groups excluding carboxylic acids is 2. The lowest BCUT2D eigenvalue weighted by Crippen LogP contribution is -2.43. The molecule has 2 N–H and O–H groups in total. The molecule has 0 spiro atoms. The molecular weight excluding hydrogens is 469 g/mol. The predicted molar refractivity (Wildman–Crippen MR) is 131 cm³/mol. The van der Waals surface area contributed by atoms with E-state index in [0.717, 1.165) is 17.8 Å². The van der Waals surface area contributed by atoms with E-state index in [4.69, 9.17) is 0 Å². The van der Waals surface area contributed by atoms with Crippen molar-refractivity contribution >= 4 is 21.7 Å². The smallest absolute Gasteiger partial charge is 0.270 e. The molecule has 0 radical (unpaired) electrons. The Labute approximate surface area is 204 Å². The van der Waals surface area contributed by atoms with Crippen LogP contribution >= 0.6 is 0 Å². The SMILES string of the molecule is CC(C)(C)NS(=O)(=O)c1ccc(CC(=O)[C@H](Cc2ccccc2)NC(=O)c2ccc(F)cn2)cc1. The van der Waals surface area contributed by atoms with E-state index in [2.05, 4.69) is 15.0 Å². The number of hydrogen-bond donors (Lipinski definition) is 2. The Morgan fingerprint density at radius 1 is 0.943 bits per heavy atom. The minimum Gasteiger partial charge on any atom is -0.341 e. The van der Waals surface area contributed by atoms with Crippen LogP contribution < -0.4 is 10.0 Å². The van der Waals surface area contributed by atoms with Crippen LogP contribution in [-0.2, 0) is 27.7 Å². The van der Waals surface area contributed by atoms with Crippen molar-refractivity contribution in [3.63, 3.8) is 0 Å². The number of halogens is 1. The highest BCUT2D eigenvalue weighted by Crippen LogP contribution is 2.15. The fraction of sp³-hybridized carbons (Fsp3) is 0.269. The lowest BCUT2D eigenvalue weighted by atomic mass is 9.97. The minimum atomic E-state index is -3.70. The van der Waals surface area contributed by atoms with Gasteiger partial charge in [0.15, 0.2) is 5.78 Å². The molecule has 0 fully saturated rings. The Hall–Kier alpha value is -3.43. The molecule has 0 aliphatic carbocycles. The summed E-state index contributed by atoms with van der Waals surface area (Å²) in [6.07, 6.45) is 1.18. The molecule has 1 aromatic heterocycles. The number of ketones is 1. The average Bonchev–Trinajstić information content (AvgIpc) is 2.78. The van der Waals surface area contributed by atoms with Crippen molar-refractivity contribution in [2.24, 2.45) is 0 Å². The topological polar surface area (TPSA) is 105 Å². The third-order valence-electron chi connectivity index (χ3n) is 4.99. The molecular formula is C26H28FN3O4S. The number of aromatic nitrogens is 1. The number of amides is 1. The number of hydrogen-bond acceptors (Lipinski definition) is 5. The summed E-state index contributed by atoms with van der Waals surface area (Å²) in [7, 11) is -3.70. The lowest BCUT2D eigenvalue weighted by molar-refractivity contribution is -0.120. The van der Waals surface area contributed by atoms with Gasteiger partial charge in [-0.1, -0.05) is 42.5 Å². The van der Waals surface area contributed by atoms with Gasteiger partial charge in [-0.15, -0.1) is 0 Å². The quantitative estimate of drug-likeness (QED) is 0.471. The monoisotopic (exact) mass is 497 g/mol. The molecule has 184 valence electrons. The second kappa shape index (κ2) is 10.9. The van der Waals surface area contributed by atoms with E-state index in [9.17, 15) is 22.4 Å². The number of nitrogens with one attached hydrogen (secondary N) is 2. The van der Waals surface area contributed by atoms with Crippen molar-refractivity contribution in [3.05, 3.63) is 95.6 Å². The van der Waals surface area contributed by atoms with Crippen LogP contribution in [0.5, 0.6) is 0 Å². The van der Waals surface area contributed by atoms with Gasteiger partial charge in [0.25, 0.3) is 5.91 Å². The third kappa shape index (κ3) is 7.80. The molecule has 9 heteroatoms. The third-order valence-corrected chi connectivity index (χ3v) is 6.76. The van der Waals surface area contributed by atoms with Crippen LogP contribution in [0.1, 0.15) is 42.4 Å². The summed E-state index contributed by atoms with van der Waals surface area (Å²) in [4.78, 5) is 29.7. The van der Waals surface area contributed by atoms with Crippen LogP contribution in [-0.4, -0.2) is 36.7 Å². The van der Waals surface area contributed by atoms with Gasteiger partial charge in [0.05, 0.1) is 17.1 Å². The van der Waals surface area contributed by atoms with Gasteiger partial charge in [0.2, 0.25) is 10.0 Å². The molecule has 0 bridgehead atoms. The van der Waals surface area contributed by atoms with E-state index >= 15 is 0 Å². The minimum absolute atomic E-state index is 0.00169. The molecule has 35 heavy (non-hydrogen) atoms. The Bertz CT molecular complexity index is 1270. The second-order valence-corrected chi connectivity index (χ2v) is 10.9. The number of Topliss-reactive ketones (excluding diaryl/α,β-unsaturated/α-hetero) is 1. The van der Waals surface area contributed by atoms with Crippen molar-refractivity contribution in [2.75, 3.05) is 0 Å². The first-order chi connectivity index (χ1) is 16.4. The van der Waals surface area contributed by atoms with E-state index in [-0.39, 0.29) is 29.2 Å². The fourth-order valence-corrected chi connectivity index (χ4v) is 4.83. The number of carbonyl (C=O) groups is 2. The molecule has 3 aromatic rings. The molecule has 0 aliphatic heterocycles. The molecule has 0 aliphatic rings. The van der Waals surface area contributed by atoms with Crippen LogP contribution in [0.25, 0.3) is 0 Å². The number of rotatable bonds is 9. The number of pyridine rings is 1. The molecule has 1 amide bonds. The highest BCUT2D eigenvalue weighted by molar-refractivity contribution is 7.89. The summed E-state index contributed by atoms with van der Waals surface area (Å²) in [5.74, 6) is -1.41. The van der Waals surface area contributed by atoms with Gasteiger partial charge in [-0.2, -0.15) is 0 Å². The largest absolute Gasteiger partial charge is 0.341 e. The van der Waals surface area contributed by atoms with Crippen LogP contribution in [0.15, 0.2) is 77.8 Å². The van der Waals surface area contributed by atoms with Gasteiger partial charge in [0, 0.05) is 12.0 Å². The zero-order valence-corrected chi connectivity index (χ0v) is 20.6. The highest BCUT2D eigenvalue weighted by atomic mass is 32.2. The summed E-state index contributed by atoms with van der Waals surface area (Å²) in [6, 6.07) is 16.8. The van der Waals surface area contributed by atoms with E-state index in [1.54, 1.807) is 32.9 Å². The average molecular weight is 498 g/mol. The molecule has 3 rings (SSSR count). The van der Waals surface area contributed by atoms with Crippen molar-refractivity contribution in [2.45, 2.75) is 50.1 Å². The molecule has 1 atom stereocenters. The Morgan fingerprint density at radius 2 is 1.60 bits per heavy atom. The summed E-state index contributed by atoms with van der Waals surface area (Å²) < 4.78 is 40.8. The van der Waals surface area contributed by atoms with E-state index in [0.29, 0.717) is 5.56 Å². The van der Waals surface area contributed by atoms with Crippen LogP contribution in [0.3, 0.4) is 0 Å².